The Labute approximate surface area is 126 Å². The molecule has 0 aliphatic carbocycles. The number of carbonyl (C=O) groups excluding carboxylic acids is 1. The minimum absolute atomic E-state index is 0.0476. The van der Waals surface area contributed by atoms with Crippen molar-refractivity contribution >= 4 is 23.5 Å². The molecule has 9 heteroatoms. The van der Waals surface area contributed by atoms with Gasteiger partial charge in [0.1, 0.15) is 12.9 Å². The second-order valence-electron chi connectivity index (χ2n) is 4.94. The summed E-state index contributed by atoms with van der Waals surface area (Å²) in [6.07, 6.45) is 3.16. The first-order valence-corrected chi connectivity index (χ1v) is 7.09. The lowest BCUT2D eigenvalue weighted by atomic mass is 10.3. The molecule has 0 atom stereocenters. The van der Waals surface area contributed by atoms with Gasteiger partial charge >= 0.3 is 0 Å². The summed E-state index contributed by atoms with van der Waals surface area (Å²) in [5, 5.41) is 11.5. The summed E-state index contributed by atoms with van der Waals surface area (Å²) in [6.45, 7) is 4.83. The molecule has 0 radical (unpaired) electrons. The number of aryl methyl sites for hydroxylation is 1. The highest BCUT2D eigenvalue weighted by Gasteiger charge is 2.22. The number of anilines is 1. The predicted octanol–water partition coefficient (Wildman–Crippen LogP) is 0.312. The van der Waals surface area contributed by atoms with Crippen LogP contribution in [0.1, 0.15) is 5.69 Å². The molecule has 0 unspecified atom stereocenters. The summed E-state index contributed by atoms with van der Waals surface area (Å²) in [5.74, 6) is 0.794. The first kappa shape index (κ1) is 13.9. The van der Waals surface area contributed by atoms with E-state index in [1.165, 1.54) is 6.33 Å². The molecule has 112 valence electrons. The highest BCUT2D eigenvalue weighted by Crippen LogP contribution is 2.13. The molecule has 0 spiro atoms. The van der Waals surface area contributed by atoms with Gasteiger partial charge in [-0.25, -0.2) is 5.10 Å². The minimum Gasteiger partial charge on any atom is -0.338 e. The Morgan fingerprint density at radius 2 is 2.14 bits per heavy atom. The highest BCUT2D eigenvalue weighted by molar-refractivity contribution is 6.31. The van der Waals surface area contributed by atoms with Crippen LogP contribution in [0.4, 0.5) is 5.95 Å². The molecular formula is C12H16ClN7O. The molecule has 2 aromatic rings. The third kappa shape index (κ3) is 2.99. The van der Waals surface area contributed by atoms with Gasteiger partial charge in [0.05, 0.1) is 10.7 Å². The second kappa shape index (κ2) is 5.72. The fraction of sp³-hybridized carbons (Fsp3) is 0.500. The summed E-state index contributed by atoms with van der Waals surface area (Å²) in [5.41, 5.74) is 0.736. The number of aromatic amines is 1. The Morgan fingerprint density at radius 1 is 1.38 bits per heavy atom. The van der Waals surface area contributed by atoms with E-state index in [-0.39, 0.29) is 12.5 Å². The van der Waals surface area contributed by atoms with Crippen LogP contribution >= 0.6 is 11.6 Å². The zero-order chi connectivity index (χ0) is 14.8. The Morgan fingerprint density at radius 3 is 2.71 bits per heavy atom. The maximum Gasteiger partial charge on any atom is 0.244 e. The van der Waals surface area contributed by atoms with E-state index in [9.17, 15) is 4.79 Å². The molecule has 2 aromatic heterocycles. The molecule has 8 nitrogen and oxygen atoms in total. The highest BCUT2D eigenvalue weighted by atomic mass is 35.5. The molecular weight excluding hydrogens is 294 g/mol. The van der Waals surface area contributed by atoms with E-state index in [4.69, 9.17) is 11.6 Å². The molecule has 21 heavy (non-hydrogen) atoms. The third-order valence-corrected chi connectivity index (χ3v) is 3.89. The van der Waals surface area contributed by atoms with Gasteiger partial charge in [0.2, 0.25) is 11.9 Å². The van der Waals surface area contributed by atoms with Crippen molar-refractivity contribution in [1.29, 1.82) is 0 Å². The van der Waals surface area contributed by atoms with E-state index in [0.29, 0.717) is 18.1 Å². The van der Waals surface area contributed by atoms with E-state index >= 15 is 0 Å². The van der Waals surface area contributed by atoms with Gasteiger partial charge < -0.3 is 9.80 Å². The van der Waals surface area contributed by atoms with Crippen LogP contribution in [0.2, 0.25) is 5.02 Å². The fourth-order valence-electron chi connectivity index (χ4n) is 2.33. The number of hydrogen-bond donors (Lipinski definition) is 1. The summed E-state index contributed by atoms with van der Waals surface area (Å²) in [6, 6.07) is 0. The van der Waals surface area contributed by atoms with E-state index in [0.717, 1.165) is 24.7 Å². The molecule has 0 bridgehead atoms. The van der Waals surface area contributed by atoms with Crippen LogP contribution in [0, 0.1) is 6.92 Å². The monoisotopic (exact) mass is 309 g/mol. The number of amides is 1. The van der Waals surface area contributed by atoms with Crippen LogP contribution in [0.15, 0.2) is 12.5 Å². The number of H-pyrrole nitrogens is 1. The standard InChI is InChI=1S/C12H16ClN7O/c1-9-10(13)6-20(17-9)7-11(21)18-2-4-19(5-3-18)12-14-8-15-16-12/h6,8H,2-5,7H2,1H3,(H,14,15,16). The Hall–Kier alpha value is -2.09. The summed E-state index contributed by atoms with van der Waals surface area (Å²) in [7, 11) is 0. The average molecular weight is 310 g/mol. The predicted molar refractivity (Wildman–Crippen MR) is 77.1 cm³/mol. The average Bonchev–Trinajstić information content (AvgIpc) is 3.10. The summed E-state index contributed by atoms with van der Waals surface area (Å²) >= 11 is 5.94. The normalized spacial score (nSPS) is 15.5. The maximum absolute atomic E-state index is 12.2. The SMILES string of the molecule is Cc1nn(CC(=O)N2CCN(c3ncn[nH]3)CC2)cc1Cl. The first-order valence-electron chi connectivity index (χ1n) is 6.71. The Kier molecular flexibility index (Phi) is 3.78. The topological polar surface area (TPSA) is 82.9 Å². The number of halogens is 1. The van der Waals surface area contributed by atoms with Gasteiger partial charge in [-0.05, 0) is 6.92 Å². The van der Waals surface area contributed by atoms with Crippen molar-refractivity contribution in [1.82, 2.24) is 29.9 Å². The smallest absolute Gasteiger partial charge is 0.244 e. The third-order valence-electron chi connectivity index (χ3n) is 3.52. The zero-order valence-electron chi connectivity index (χ0n) is 11.7. The quantitative estimate of drug-likeness (QED) is 0.882. The van der Waals surface area contributed by atoms with E-state index in [1.54, 1.807) is 10.9 Å². The van der Waals surface area contributed by atoms with Crippen molar-refractivity contribution in [2.24, 2.45) is 0 Å². The number of rotatable bonds is 3. The summed E-state index contributed by atoms with van der Waals surface area (Å²) in [4.78, 5) is 20.3. The van der Waals surface area contributed by atoms with E-state index < -0.39 is 0 Å². The van der Waals surface area contributed by atoms with Crippen LogP contribution in [0.5, 0.6) is 0 Å². The molecule has 1 saturated heterocycles. The van der Waals surface area contributed by atoms with Gasteiger partial charge in [-0.2, -0.15) is 15.2 Å². The van der Waals surface area contributed by atoms with Crippen molar-refractivity contribution in [3.63, 3.8) is 0 Å². The van der Waals surface area contributed by atoms with Crippen molar-refractivity contribution < 1.29 is 4.79 Å². The zero-order valence-corrected chi connectivity index (χ0v) is 12.4. The number of piperazine rings is 1. The molecule has 0 saturated carbocycles. The largest absolute Gasteiger partial charge is 0.338 e. The van der Waals surface area contributed by atoms with Gasteiger partial charge in [0.15, 0.2) is 0 Å². The van der Waals surface area contributed by atoms with Crippen LogP contribution in [-0.4, -0.2) is 61.9 Å². The van der Waals surface area contributed by atoms with Crippen molar-refractivity contribution in [2.75, 3.05) is 31.1 Å². The fourth-order valence-corrected chi connectivity index (χ4v) is 2.48. The molecule has 1 fully saturated rings. The molecule has 3 heterocycles. The van der Waals surface area contributed by atoms with Gasteiger partial charge in [-0.3, -0.25) is 9.48 Å². The number of nitrogens with zero attached hydrogens (tertiary/aromatic N) is 6. The lowest BCUT2D eigenvalue weighted by molar-refractivity contribution is -0.132. The van der Waals surface area contributed by atoms with Gasteiger partial charge in [0.25, 0.3) is 0 Å². The van der Waals surface area contributed by atoms with E-state index in [2.05, 4.69) is 25.2 Å². The maximum atomic E-state index is 12.2. The lowest BCUT2D eigenvalue weighted by Crippen LogP contribution is -2.50. The Bertz CT molecular complexity index is 596. The van der Waals surface area contributed by atoms with Crippen LogP contribution in [0.25, 0.3) is 0 Å². The molecule has 1 aliphatic heterocycles. The second-order valence-corrected chi connectivity index (χ2v) is 5.34. The van der Waals surface area contributed by atoms with Crippen LogP contribution < -0.4 is 4.90 Å². The summed E-state index contributed by atoms with van der Waals surface area (Å²) < 4.78 is 1.59. The Balaban J connectivity index is 1.55. The molecule has 0 aromatic carbocycles. The van der Waals surface area contributed by atoms with Crippen molar-refractivity contribution in [3.8, 4) is 0 Å². The number of hydrogen-bond acceptors (Lipinski definition) is 5. The van der Waals surface area contributed by atoms with Crippen LogP contribution in [0.3, 0.4) is 0 Å². The number of nitrogens with one attached hydrogen (secondary N) is 1. The van der Waals surface area contributed by atoms with Crippen molar-refractivity contribution in [3.05, 3.63) is 23.2 Å². The van der Waals surface area contributed by atoms with Gasteiger partial charge in [-0.15, -0.1) is 0 Å². The lowest BCUT2D eigenvalue weighted by Gasteiger charge is -2.34. The van der Waals surface area contributed by atoms with Gasteiger partial charge in [0, 0.05) is 32.4 Å². The molecule has 3 rings (SSSR count). The first-order chi connectivity index (χ1) is 10.1. The molecule has 1 amide bonds. The number of aromatic nitrogens is 5. The van der Waals surface area contributed by atoms with Crippen molar-refractivity contribution in [2.45, 2.75) is 13.5 Å². The molecule has 1 N–H and O–H groups in total. The minimum atomic E-state index is 0.0476. The van der Waals surface area contributed by atoms with E-state index in [1.807, 2.05) is 11.8 Å². The molecule has 1 aliphatic rings. The number of carbonyl (C=O) groups is 1. The van der Waals surface area contributed by atoms with Crippen LogP contribution in [-0.2, 0) is 11.3 Å². The van der Waals surface area contributed by atoms with Gasteiger partial charge in [-0.1, -0.05) is 11.6 Å².